The van der Waals surface area contributed by atoms with Crippen molar-refractivity contribution in [1.29, 1.82) is 0 Å². The van der Waals surface area contributed by atoms with Crippen molar-refractivity contribution in [1.82, 2.24) is 4.98 Å². The van der Waals surface area contributed by atoms with Crippen LogP contribution in [0.15, 0.2) is 6.20 Å². The molecule has 1 N–H and O–H groups in total. The summed E-state index contributed by atoms with van der Waals surface area (Å²) >= 11 is 0. The normalized spacial score (nSPS) is 10.3. The standard InChI is InChI=1S/C9H9F2NO4/c1-15-6-4(9(13)14)3-12-8(16-2)5(6)7(10)11/h3,7H,1-2H3,(H,13,14). The number of carboxylic acid groups (broad SMARTS) is 1. The van der Waals surface area contributed by atoms with Gasteiger partial charge in [0.2, 0.25) is 5.88 Å². The predicted octanol–water partition coefficient (Wildman–Crippen LogP) is 1.73. The van der Waals surface area contributed by atoms with Crippen molar-refractivity contribution in [2.45, 2.75) is 6.43 Å². The molecule has 0 aliphatic heterocycles. The van der Waals surface area contributed by atoms with Crippen LogP contribution in [0.5, 0.6) is 11.6 Å². The Hall–Kier alpha value is -1.92. The van der Waals surface area contributed by atoms with Crippen LogP contribution in [0.2, 0.25) is 0 Å². The minimum absolute atomic E-state index is 0.350. The fraction of sp³-hybridized carbons (Fsp3) is 0.333. The molecule has 0 bridgehead atoms. The van der Waals surface area contributed by atoms with Crippen LogP contribution in [-0.2, 0) is 0 Å². The van der Waals surface area contributed by atoms with Crippen LogP contribution in [0, 0.1) is 0 Å². The summed E-state index contributed by atoms with van der Waals surface area (Å²) < 4.78 is 34.7. The second kappa shape index (κ2) is 4.73. The summed E-state index contributed by atoms with van der Waals surface area (Å²) in [4.78, 5) is 14.2. The zero-order valence-corrected chi connectivity index (χ0v) is 8.53. The topological polar surface area (TPSA) is 68.7 Å². The predicted molar refractivity (Wildman–Crippen MR) is 49.3 cm³/mol. The van der Waals surface area contributed by atoms with Gasteiger partial charge in [-0.15, -0.1) is 0 Å². The minimum atomic E-state index is -2.93. The van der Waals surface area contributed by atoms with E-state index in [1.165, 1.54) is 0 Å². The van der Waals surface area contributed by atoms with Crippen LogP contribution in [-0.4, -0.2) is 30.3 Å². The van der Waals surface area contributed by atoms with E-state index < -0.39 is 29.3 Å². The molecule has 1 rings (SSSR count). The van der Waals surface area contributed by atoms with Gasteiger partial charge in [0.1, 0.15) is 16.9 Å². The lowest BCUT2D eigenvalue weighted by atomic mass is 10.1. The van der Waals surface area contributed by atoms with Gasteiger partial charge in [-0.05, 0) is 0 Å². The summed E-state index contributed by atoms with van der Waals surface area (Å²) in [5.41, 5.74) is -1.09. The molecule has 0 saturated heterocycles. The molecule has 1 heterocycles. The van der Waals surface area contributed by atoms with Crippen molar-refractivity contribution in [3.05, 3.63) is 17.3 Å². The summed E-state index contributed by atoms with van der Waals surface area (Å²) in [6, 6.07) is 0. The highest BCUT2D eigenvalue weighted by atomic mass is 19.3. The van der Waals surface area contributed by atoms with E-state index in [-0.39, 0.29) is 5.88 Å². The number of ether oxygens (including phenoxy) is 2. The largest absolute Gasteiger partial charge is 0.495 e. The number of nitrogens with zero attached hydrogens (tertiary/aromatic N) is 1. The number of carbonyl (C=O) groups is 1. The molecule has 7 heteroatoms. The molecule has 1 aromatic rings. The smallest absolute Gasteiger partial charge is 0.341 e. The monoisotopic (exact) mass is 233 g/mol. The van der Waals surface area contributed by atoms with Gasteiger partial charge in [0.05, 0.1) is 14.2 Å². The maximum Gasteiger partial charge on any atom is 0.341 e. The van der Waals surface area contributed by atoms with Gasteiger partial charge in [0.25, 0.3) is 6.43 Å². The molecular weight excluding hydrogens is 224 g/mol. The third-order valence-corrected chi connectivity index (χ3v) is 1.88. The maximum absolute atomic E-state index is 12.7. The Morgan fingerprint density at radius 1 is 1.44 bits per heavy atom. The first-order valence-corrected chi connectivity index (χ1v) is 4.15. The molecule has 16 heavy (non-hydrogen) atoms. The van der Waals surface area contributed by atoms with Gasteiger partial charge in [0, 0.05) is 6.20 Å². The fourth-order valence-corrected chi connectivity index (χ4v) is 1.22. The first kappa shape index (κ1) is 12.2. The molecule has 88 valence electrons. The lowest BCUT2D eigenvalue weighted by Gasteiger charge is -2.13. The average Bonchev–Trinajstić information content (AvgIpc) is 2.26. The highest BCUT2D eigenvalue weighted by molar-refractivity contribution is 5.91. The van der Waals surface area contributed by atoms with Crippen molar-refractivity contribution < 1.29 is 28.2 Å². The number of pyridine rings is 1. The van der Waals surface area contributed by atoms with Crippen molar-refractivity contribution in [2.24, 2.45) is 0 Å². The minimum Gasteiger partial charge on any atom is -0.495 e. The maximum atomic E-state index is 12.7. The molecule has 1 aromatic heterocycles. The summed E-state index contributed by atoms with van der Waals surface area (Å²) in [6.07, 6.45) is -2.03. The van der Waals surface area contributed by atoms with Crippen molar-refractivity contribution in [2.75, 3.05) is 14.2 Å². The quantitative estimate of drug-likeness (QED) is 0.857. The van der Waals surface area contributed by atoms with Crippen LogP contribution in [0.25, 0.3) is 0 Å². The third kappa shape index (κ3) is 2.02. The Balaban J connectivity index is 3.49. The van der Waals surface area contributed by atoms with Gasteiger partial charge in [-0.1, -0.05) is 0 Å². The van der Waals surface area contributed by atoms with Crippen LogP contribution in [0.3, 0.4) is 0 Å². The van der Waals surface area contributed by atoms with Crippen molar-refractivity contribution in [3.63, 3.8) is 0 Å². The second-order valence-electron chi connectivity index (χ2n) is 2.73. The van der Waals surface area contributed by atoms with Gasteiger partial charge in [0.15, 0.2) is 0 Å². The highest BCUT2D eigenvalue weighted by Crippen LogP contribution is 2.37. The average molecular weight is 233 g/mol. The van der Waals surface area contributed by atoms with Gasteiger partial charge in [-0.25, -0.2) is 18.6 Å². The lowest BCUT2D eigenvalue weighted by molar-refractivity contribution is 0.0691. The van der Waals surface area contributed by atoms with E-state index in [1.807, 2.05) is 0 Å². The molecule has 0 atom stereocenters. The second-order valence-corrected chi connectivity index (χ2v) is 2.73. The lowest BCUT2D eigenvalue weighted by Crippen LogP contribution is -2.07. The molecule has 0 unspecified atom stereocenters. The molecule has 5 nitrogen and oxygen atoms in total. The van der Waals surface area contributed by atoms with Crippen LogP contribution in [0.4, 0.5) is 8.78 Å². The number of aromatic carboxylic acids is 1. The molecule has 0 fully saturated rings. The summed E-state index contributed by atoms with van der Waals surface area (Å²) in [5, 5.41) is 8.76. The summed E-state index contributed by atoms with van der Waals surface area (Å²) in [7, 11) is 2.27. The highest BCUT2D eigenvalue weighted by Gasteiger charge is 2.26. The van der Waals surface area contributed by atoms with E-state index in [1.54, 1.807) is 0 Å². The number of rotatable bonds is 4. The van der Waals surface area contributed by atoms with E-state index in [0.717, 1.165) is 20.4 Å². The number of methoxy groups -OCH3 is 2. The van der Waals surface area contributed by atoms with Crippen molar-refractivity contribution in [3.8, 4) is 11.6 Å². The number of alkyl halides is 2. The first-order valence-electron chi connectivity index (χ1n) is 4.15. The molecule has 0 radical (unpaired) electrons. The molecule has 0 saturated carbocycles. The van der Waals surface area contributed by atoms with E-state index in [9.17, 15) is 13.6 Å². The van der Waals surface area contributed by atoms with Crippen LogP contribution in [0.1, 0.15) is 22.3 Å². The SMILES string of the molecule is COc1ncc(C(=O)O)c(OC)c1C(F)F. The zero-order valence-electron chi connectivity index (χ0n) is 8.53. The Morgan fingerprint density at radius 2 is 2.06 bits per heavy atom. The first-order chi connectivity index (χ1) is 7.52. The van der Waals surface area contributed by atoms with E-state index in [4.69, 9.17) is 5.11 Å². The molecule has 0 aliphatic carbocycles. The summed E-state index contributed by atoms with van der Waals surface area (Å²) in [5.74, 6) is -2.18. The van der Waals surface area contributed by atoms with Crippen molar-refractivity contribution >= 4 is 5.97 Å². The fourth-order valence-electron chi connectivity index (χ4n) is 1.22. The van der Waals surface area contributed by atoms with Gasteiger partial charge < -0.3 is 14.6 Å². The zero-order chi connectivity index (χ0) is 12.3. The van der Waals surface area contributed by atoms with Crippen LogP contribution >= 0.6 is 0 Å². The Labute approximate surface area is 89.6 Å². The third-order valence-electron chi connectivity index (χ3n) is 1.88. The molecule has 0 aliphatic rings. The Bertz CT molecular complexity index is 409. The Morgan fingerprint density at radius 3 is 2.44 bits per heavy atom. The number of carboxylic acids is 1. The van der Waals surface area contributed by atoms with E-state index in [0.29, 0.717) is 0 Å². The molecular formula is C9H9F2NO4. The van der Waals surface area contributed by atoms with Gasteiger partial charge >= 0.3 is 5.97 Å². The number of aromatic nitrogens is 1. The van der Waals surface area contributed by atoms with Gasteiger partial charge in [-0.2, -0.15) is 0 Å². The number of hydrogen-bond donors (Lipinski definition) is 1. The van der Waals surface area contributed by atoms with Gasteiger partial charge in [-0.3, -0.25) is 0 Å². The number of hydrogen-bond acceptors (Lipinski definition) is 4. The summed E-state index contributed by atoms with van der Waals surface area (Å²) in [6.45, 7) is 0. The van der Waals surface area contributed by atoms with E-state index in [2.05, 4.69) is 14.5 Å². The molecule has 0 aromatic carbocycles. The van der Waals surface area contributed by atoms with Crippen LogP contribution < -0.4 is 9.47 Å². The molecule has 0 amide bonds. The van der Waals surface area contributed by atoms with E-state index >= 15 is 0 Å². The Kier molecular flexibility index (Phi) is 3.60. The molecule has 0 spiro atoms. The number of halogens is 2.